The molecule has 0 saturated carbocycles. The van der Waals surface area contributed by atoms with Gasteiger partial charge in [0.15, 0.2) is 6.29 Å². The molecule has 2 aliphatic heterocycles. The summed E-state index contributed by atoms with van der Waals surface area (Å²) >= 11 is 0. The molecule has 12 heavy (non-hydrogen) atoms. The maximum atomic E-state index is 9.78. The van der Waals surface area contributed by atoms with Crippen LogP contribution in [0.5, 0.6) is 0 Å². The first kappa shape index (κ1) is 8.48. The van der Waals surface area contributed by atoms with E-state index in [9.17, 15) is 5.11 Å². The quantitative estimate of drug-likeness (QED) is 0.634. The number of ether oxygens (including phenoxy) is 2. The fraction of sp³-hybridized carbons (Fsp3) is 1.00. The summed E-state index contributed by atoms with van der Waals surface area (Å²) in [5.74, 6) is 0.854. The van der Waals surface area contributed by atoms with E-state index in [-0.39, 0.29) is 12.4 Å². The molecule has 2 fully saturated rings. The van der Waals surface area contributed by atoms with E-state index in [2.05, 4.69) is 13.8 Å². The zero-order valence-corrected chi connectivity index (χ0v) is 7.56. The second-order valence-electron chi connectivity index (χ2n) is 4.09. The molecule has 0 amide bonds. The maximum Gasteiger partial charge on any atom is 0.184 e. The Morgan fingerprint density at radius 2 is 2.17 bits per heavy atom. The average molecular weight is 172 g/mol. The van der Waals surface area contributed by atoms with Crippen LogP contribution in [0.15, 0.2) is 0 Å². The highest BCUT2D eigenvalue weighted by Crippen LogP contribution is 2.35. The van der Waals surface area contributed by atoms with E-state index in [0.717, 1.165) is 6.42 Å². The number of hydrogen-bond acceptors (Lipinski definition) is 3. The van der Waals surface area contributed by atoms with Crippen LogP contribution in [-0.4, -0.2) is 30.2 Å². The van der Waals surface area contributed by atoms with Crippen LogP contribution in [-0.2, 0) is 9.47 Å². The monoisotopic (exact) mass is 172 g/mol. The second-order valence-corrected chi connectivity index (χ2v) is 4.09. The molecule has 3 heteroatoms. The Hall–Kier alpha value is -0.120. The van der Waals surface area contributed by atoms with Crippen LogP contribution in [0, 0.1) is 11.8 Å². The van der Waals surface area contributed by atoms with Crippen molar-refractivity contribution in [3.63, 3.8) is 0 Å². The molecule has 70 valence electrons. The Morgan fingerprint density at radius 3 is 2.83 bits per heavy atom. The van der Waals surface area contributed by atoms with Gasteiger partial charge in [-0.05, 0) is 18.3 Å². The number of fused-ring (bicyclic) bond motifs is 2. The summed E-state index contributed by atoms with van der Waals surface area (Å²) in [6.07, 6.45) is 0.390. The van der Waals surface area contributed by atoms with Crippen molar-refractivity contribution in [2.24, 2.45) is 11.8 Å². The normalized spacial score (nSPS) is 47.0. The van der Waals surface area contributed by atoms with E-state index < -0.39 is 6.10 Å². The molecule has 0 aromatic rings. The highest BCUT2D eigenvalue weighted by Gasteiger charge is 2.43. The first-order valence-electron chi connectivity index (χ1n) is 4.63. The minimum Gasteiger partial charge on any atom is -0.388 e. The van der Waals surface area contributed by atoms with Gasteiger partial charge in [0.2, 0.25) is 0 Å². The van der Waals surface area contributed by atoms with E-state index in [1.807, 2.05) is 0 Å². The highest BCUT2D eigenvalue weighted by molar-refractivity contribution is 4.86. The molecule has 2 heterocycles. The van der Waals surface area contributed by atoms with E-state index in [4.69, 9.17) is 9.47 Å². The van der Waals surface area contributed by atoms with Crippen molar-refractivity contribution in [2.75, 3.05) is 6.61 Å². The van der Waals surface area contributed by atoms with Crippen molar-refractivity contribution in [3.05, 3.63) is 0 Å². The van der Waals surface area contributed by atoms with Crippen molar-refractivity contribution in [2.45, 2.75) is 38.8 Å². The van der Waals surface area contributed by atoms with Crippen LogP contribution in [0.4, 0.5) is 0 Å². The van der Waals surface area contributed by atoms with Gasteiger partial charge in [-0.1, -0.05) is 13.8 Å². The smallest absolute Gasteiger partial charge is 0.184 e. The molecule has 0 radical (unpaired) electrons. The second kappa shape index (κ2) is 2.98. The van der Waals surface area contributed by atoms with Gasteiger partial charge >= 0.3 is 0 Å². The molecule has 4 atom stereocenters. The molecular formula is C9H16O3. The topological polar surface area (TPSA) is 38.7 Å². The molecular weight excluding hydrogens is 156 g/mol. The van der Waals surface area contributed by atoms with E-state index >= 15 is 0 Å². The molecule has 0 unspecified atom stereocenters. The van der Waals surface area contributed by atoms with Gasteiger partial charge in [0.25, 0.3) is 0 Å². The largest absolute Gasteiger partial charge is 0.388 e. The van der Waals surface area contributed by atoms with Crippen LogP contribution >= 0.6 is 0 Å². The van der Waals surface area contributed by atoms with Gasteiger partial charge in [-0.3, -0.25) is 0 Å². The van der Waals surface area contributed by atoms with Crippen molar-refractivity contribution < 1.29 is 14.6 Å². The summed E-state index contributed by atoms with van der Waals surface area (Å²) in [5, 5.41) is 9.78. The Bertz CT molecular complexity index is 169. The van der Waals surface area contributed by atoms with Gasteiger partial charge < -0.3 is 14.6 Å². The molecule has 0 aromatic carbocycles. The third kappa shape index (κ3) is 1.26. The van der Waals surface area contributed by atoms with Gasteiger partial charge in [-0.25, -0.2) is 0 Å². The lowest BCUT2D eigenvalue weighted by Crippen LogP contribution is -2.42. The summed E-state index contributed by atoms with van der Waals surface area (Å²) in [6, 6.07) is 0. The SMILES string of the molecule is CC(C)[C@@H]1C[C@H]2CO[C@H](O2)[C@H]1O. The van der Waals surface area contributed by atoms with Crippen LogP contribution in [0.25, 0.3) is 0 Å². The molecule has 0 aliphatic carbocycles. The number of hydrogen-bond donors (Lipinski definition) is 1. The first-order chi connectivity index (χ1) is 5.68. The van der Waals surface area contributed by atoms with E-state index in [0.29, 0.717) is 18.4 Å². The summed E-state index contributed by atoms with van der Waals surface area (Å²) in [6.45, 7) is 4.93. The summed E-state index contributed by atoms with van der Waals surface area (Å²) in [5.41, 5.74) is 0. The number of aliphatic hydroxyl groups is 1. The van der Waals surface area contributed by atoms with Gasteiger partial charge in [0.1, 0.15) is 6.10 Å². The predicted molar refractivity (Wildman–Crippen MR) is 43.6 cm³/mol. The number of aliphatic hydroxyl groups excluding tert-OH is 1. The van der Waals surface area contributed by atoms with Gasteiger partial charge in [0.05, 0.1) is 12.7 Å². The van der Waals surface area contributed by atoms with Crippen molar-refractivity contribution >= 4 is 0 Å². The third-order valence-electron chi connectivity index (χ3n) is 2.88. The van der Waals surface area contributed by atoms with Gasteiger partial charge in [-0.15, -0.1) is 0 Å². The Labute approximate surface area is 72.7 Å². The number of rotatable bonds is 1. The molecule has 2 aliphatic rings. The summed E-state index contributed by atoms with van der Waals surface area (Å²) in [7, 11) is 0. The van der Waals surface area contributed by atoms with Gasteiger partial charge in [-0.2, -0.15) is 0 Å². The van der Waals surface area contributed by atoms with Crippen LogP contribution < -0.4 is 0 Å². The van der Waals surface area contributed by atoms with E-state index in [1.165, 1.54) is 0 Å². The fourth-order valence-electron chi connectivity index (χ4n) is 2.08. The highest BCUT2D eigenvalue weighted by atomic mass is 16.7. The van der Waals surface area contributed by atoms with Gasteiger partial charge in [0, 0.05) is 0 Å². The zero-order valence-electron chi connectivity index (χ0n) is 7.56. The predicted octanol–water partition coefficient (Wildman–Crippen LogP) is 0.765. The lowest BCUT2D eigenvalue weighted by Gasteiger charge is -2.34. The molecule has 2 rings (SSSR count). The van der Waals surface area contributed by atoms with Crippen molar-refractivity contribution in [1.82, 2.24) is 0 Å². The molecule has 2 saturated heterocycles. The first-order valence-corrected chi connectivity index (χ1v) is 4.63. The molecule has 0 spiro atoms. The summed E-state index contributed by atoms with van der Waals surface area (Å²) in [4.78, 5) is 0. The average Bonchev–Trinajstić information content (AvgIpc) is 2.41. The zero-order chi connectivity index (χ0) is 8.72. The van der Waals surface area contributed by atoms with E-state index in [1.54, 1.807) is 0 Å². The molecule has 3 nitrogen and oxygen atoms in total. The molecule has 1 N–H and O–H groups in total. The Morgan fingerprint density at radius 1 is 1.42 bits per heavy atom. The fourth-order valence-corrected chi connectivity index (χ4v) is 2.08. The third-order valence-corrected chi connectivity index (χ3v) is 2.88. The lowest BCUT2D eigenvalue weighted by molar-refractivity contribution is -0.181. The van der Waals surface area contributed by atoms with Crippen molar-refractivity contribution in [3.8, 4) is 0 Å². The summed E-state index contributed by atoms with van der Waals surface area (Å²) < 4.78 is 10.7. The Balaban J connectivity index is 2.07. The minimum absolute atomic E-state index is 0.228. The minimum atomic E-state index is -0.427. The van der Waals surface area contributed by atoms with Crippen LogP contribution in [0.2, 0.25) is 0 Å². The van der Waals surface area contributed by atoms with Crippen LogP contribution in [0.3, 0.4) is 0 Å². The standard InChI is InChI=1S/C9H16O3/c1-5(2)7-3-6-4-11-9(12-6)8(7)10/h5-10H,3-4H2,1-2H3/t6-,7-,8-,9+/m0/s1. The Kier molecular flexibility index (Phi) is 2.10. The maximum absolute atomic E-state index is 9.78. The lowest BCUT2D eigenvalue weighted by atomic mass is 9.84. The van der Waals surface area contributed by atoms with Crippen molar-refractivity contribution in [1.29, 1.82) is 0 Å². The molecule has 2 bridgehead atoms. The van der Waals surface area contributed by atoms with Crippen LogP contribution in [0.1, 0.15) is 20.3 Å². The molecule has 0 aromatic heterocycles.